The van der Waals surface area contributed by atoms with E-state index in [0.717, 1.165) is 11.4 Å². The van der Waals surface area contributed by atoms with Crippen molar-refractivity contribution in [2.24, 2.45) is 0 Å². The topological polar surface area (TPSA) is 90.9 Å². The second-order valence-electron chi connectivity index (χ2n) is 7.02. The number of hydrogen-bond acceptors (Lipinski definition) is 6. The highest BCUT2D eigenvalue weighted by molar-refractivity contribution is 6.31. The van der Waals surface area contributed by atoms with Crippen LogP contribution in [0.25, 0.3) is 28.0 Å². The van der Waals surface area contributed by atoms with E-state index in [4.69, 9.17) is 22.1 Å². The Morgan fingerprint density at radius 1 is 1.13 bits per heavy atom. The van der Waals surface area contributed by atoms with Gasteiger partial charge >= 0.3 is 0 Å². The molecule has 0 aliphatic carbocycles. The summed E-state index contributed by atoms with van der Waals surface area (Å²) in [7, 11) is 1.60. The third kappa shape index (κ3) is 3.61. The number of nitrogen functional groups attached to an aromatic ring is 1. The van der Waals surface area contributed by atoms with Gasteiger partial charge in [-0.05, 0) is 56.3 Å². The first-order valence-electron chi connectivity index (χ1n) is 9.30. The zero-order valence-corrected chi connectivity index (χ0v) is 17.4. The molecule has 0 radical (unpaired) electrons. The lowest BCUT2D eigenvalue weighted by molar-refractivity contribution is 0.414. The van der Waals surface area contributed by atoms with Crippen LogP contribution in [0.3, 0.4) is 0 Å². The van der Waals surface area contributed by atoms with Crippen molar-refractivity contribution >= 4 is 34.4 Å². The van der Waals surface area contributed by atoms with Crippen LogP contribution in [0.4, 0.5) is 16.2 Å². The molecule has 0 spiro atoms. The normalized spacial score (nSPS) is 11.3. The Hall–Kier alpha value is -3.39. The lowest BCUT2D eigenvalue weighted by atomic mass is 10.1. The van der Waals surface area contributed by atoms with Crippen molar-refractivity contribution in [3.8, 4) is 22.7 Å². The van der Waals surface area contributed by atoms with Crippen LogP contribution in [0.1, 0.15) is 13.8 Å². The molecule has 0 aliphatic rings. The highest BCUT2D eigenvalue weighted by atomic mass is 35.5. The van der Waals surface area contributed by atoms with Crippen LogP contribution in [0.15, 0.2) is 42.5 Å². The van der Waals surface area contributed by atoms with E-state index in [2.05, 4.69) is 20.4 Å². The summed E-state index contributed by atoms with van der Waals surface area (Å²) in [5.74, 6) is 0.973. The summed E-state index contributed by atoms with van der Waals surface area (Å²) in [5, 5.41) is 8.32. The molecule has 30 heavy (non-hydrogen) atoms. The van der Waals surface area contributed by atoms with Gasteiger partial charge in [-0.3, -0.25) is 0 Å². The minimum absolute atomic E-state index is 0.00116. The lowest BCUT2D eigenvalue weighted by Crippen LogP contribution is -2.13. The zero-order chi connectivity index (χ0) is 21.4. The predicted molar refractivity (Wildman–Crippen MR) is 117 cm³/mol. The quantitative estimate of drug-likeness (QED) is 0.481. The molecule has 0 saturated carbocycles. The predicted octanol–water partition coefficient (Wildman–Crippen LogP) is 4.69. The van der Waals surface area contributed by atoms with Crippen molar-refractivity contribution in [1.82, 2.24) is 19.7 Å². The van der Waals surface area contributed by atoms with Gasteiger partial charge in [-0.2, -0.15) is 4.98 Å². The molecule has 9 heteroatoms. The van der Waals surface area contributed by atoms with Crippen molar-refractivity contribution in [1.29, 1.82) is 0 Å². The summed E-state index contributed by atoms with van der Waals surface area (Å²) in [6, 6.07) is 11.8. The number of hydrogen-bond donors (Lipinski definition) is 2. The highest BCUT2D eigenvalue weighted by Gasteiger charge is 2.20. The number of aromatic nitrogens is 4. The number of ether oxygens (including phenoxy) is 1. The molecule has 0 saturated heterocycles. The molecular formula is C21H20ClFN6O. The number of rotatable bonds is 5. The third-order valence-electron chi connectivity index (χ3n) is 4.50. The molecule has 2 aromatic carbocycles. The first-order chi connectivity index (χ1) is 14.4. The van der Waals surface area contributed by atoms with Gasteiger partial charge in [0.15, 0.2) is 5.65 Å². The number of nitrogens with zero attached hydrogens (tertiary/aromatic N) is 4. The zero-order valence-electron chi connectivity index (χ0n) is 16.6. The van der Waals surface area contributed by atoms with Gasteiger partial charge in [0.1, 0.15) is 17.4 Å². The number of anilines is 2. The molecular weight excluding hydrogens is 407 g/mol. The first-order valence-corrected chi connectivity index (χ1v) is 9.68. The van der Waals surface area contributed by atoms with Gasteiger partial charge in [0.25, 0.3) is 0 Å². The fourth-order valence-electron chi connectivity index (χ4n) is 3.11. The van der Waals surface area contributed by atoms with Crippen molar-refractivity contribution in [3.63, 3.8) is 0 Å². The Labute approximate surface area is 177 Å². The standard InChI is InChI=1S/C21H20ClFN6O/c1-11(2)25-21-26-18(12-4-9-16(23)15(22)10-12)17-19(24)29(28-20(17)27-21)13-5-7-14(30-3)8-6-13/h4-11H,24H2,1-3H3,(H,25,27,28). The summed E-state index contributed by atoms with van der Waals surface area (Å²) in [4.78, 5) is 9.14. The van der Waals surface area contributed by atoms with Crippen molar-refractivity contribution < 1.29 is 9.13 Å². The first kappa shape index (κ1) is 19.9. The molecule has 4 aromatic rings. The lowest BCUT2D eigenvalue weighted by Gasteiger charge is -2.11. The number of halogens is 2. The average Bonchev–Trinajstić information content (AvgIpc) is 3.05. The maximum Gasteiger partial charge on any atom is 0.225 e. The molecule has 2 heterocycles. The van der Waals surface area contributed by atoms with Crippen LogP contribution in [0.2, 0.25) is 5.02 Å². The van der Waals surface area contributed by atoms with Crippen LogP contribution in [0, 0.1) is 5.82 Å². The Kier molecular flexibility index (Phi) is 5.17. The van der Waals surface area contributed by atoms with E-state index in [-0.39, 0.29) is 11.1 Å². The van der Waals surface area contributed by atoms with Crippen LogP contribution < -0.4 is 15.8 Å². The van der Waals surface area contributed by atoms with E-state index in [1.807, 2.05) is 38.1 Å². The summed E-state index contributed by atoms with van der Waals surface area (Å²) < 4.78 is 20.5. The van der Waals surface area contributed by atoms with Gasteiger partial charge in [0, 0.05) is 11.6 Å². The molecule has 0 atom stereocenters. The van der Waals surface area contributed by atoms with Gasteiger partial charge in [-0.25, -0.2) is 14.1 Å². The van der Waals surface area contributed by atoms with E-state index in [1.165, 1.54) is 12.1 Å². The van der Waals surface area contributed by atoms with Crippen LogP contribution in [-0.4, -0.2) is 32.9 Å². The van der Waals surface area contributed by atoms with E-state index < -0.39 is 5.82 Å². The molecule has 0 aliphatic heterocycles. The summed E-state index contributed by atoms with van der Waals surface area (Å²) in [5.41, 5.74) is 8.75. The highest BCUT2D eigenvalue weighted by Crippen LogP contribution is 2.34. The number of nitrogens with two attached hydrogens (primary N) is 1. The van der Waals surface area contributed by atoms with Crippen LogP contribution in [0.5, 0.6) is 5.75 Å². The molecule has 3 N–H and O–H groups in total. The second-order valence-corrected chi connectivity index (χ2v) is 7.42. The SMILES string of the molecule is COc1ccc(-n2nc3nc(NC(C)C)nc(-c4ccc(F)c(Cl)c4)c3c2N)cc1. The minimum atomic E-state index is -0.506. The van der Waals surface area contributed by atoms with Gasteiger partial charge in [-0.1, -0.05) is 11.6 Å². The molecule has 2 aromatic heterocycles. The van der Waals surface area contributed by atoms with Gasteiger partial charge < -0.3 is 15.8 Å². The van der Waals surface area contributed by atoms with Crippen LogP contribution >= 0.6 is 11.6 Å². The summed E-state index contributed by atoms with van der Waals surface area (Å²) in [6.07, 6.45) is 0. The van der Waals surface area contributed by atoms with Gasteiger partial charge in [-0.15, -0.1) is 5.10 Å². The molecule has 7 nitrogen and oxygen atoms in total. The monoisotopic (exact) mass is 426 g/mol. The Morgan fingerprint density at radius 3 is 2.50 bits per heavy atom. The molecule has 0 fully saturated rings. The van der Waals surface area contributed by atoms with E-state index >= 15 is 0 Å². The Morgan fingerprint density at radius 2 is 1.87 bits per heavy atom. The number of benzene rings is 2. The summed E-state index contributed by atoms with van der Waals surface area (Å²) >= 11 is 6.01. The van der Waals surface area contributed by atoms with E-state index in [9.17, 15) is 4.39 Å². The summed E-state index contributed by atoms with van der Waals surface area (Å²) in [6.45, 7) is 3.96. The number of nitrogens with one attached hydrogen (secondary N) is 1. The molecule has 0 bridgehead atoms. The van der Waals surface area contributed by atoms with E-state index in [1.54, 1.807) is 17.9 Å². The Balaban J connectivity index is 1.95. The van der Waals surface area contributed by atoms with E-state index in [0.29, 0.717) is 34.1 Å². The molecule has 0 amide bonds. The maximum atomic E-state index is 13.7. The smallest absolute Gasteiger partial charge is 0.225 e. The van der Waals surface area contributed by atoms with Gasteiger partial charge in [0.2, 0.25) is 5.95 Å². The fourth-order valence-corrected chi connectivity index (χ4v) is 3.29. The molecule has 154 valence electrons. The van der Waals surface area contributed by atoms with Gasteiger partial charge in [0.05, 0.1) is 28.9 Å². The third-order valence-corrected chi connectivity index (χ3v) is 4.79. The Bertz CT molecular complexity index is 1220. The molecule has 4 rings (SSSR count). The number of methoxy groups -OCH3 is 1. The largest absolute Gasteiger partial charge is 0.497 e. The minimum Gasteiger partial charge on any atom is -0.497 e. The van der Waals surface area contributed by atoms with Crippen molar-refractivity contribution in [3.05, 3.63) is 53.3 Å². The second kappa shape index (κ2) is 7.79. The molecule has 0 unspecified atom stereocenters. The average molecular weight is 427 g/mol. The van der Waals surface area contributed by atoms with Crippen molar-refractivity contribution in [2.45, 2.75) is 19.9 Å². The van der Waals surface area contributed by atoms with Crippen LogP contribution in [-0.2, 0) is 0 Å². The fraction of sp³-hybridized carbons (Fsp3) is 0.190. The van der Waals surface area contributed by atoms with Crippen molar-refractivity contribution in [2.75, 3.05) is 18.2 Å². The maximum absolute atomic E-state index is 13.7. The number of fused-ring (bicyclic) bond motifs is 1.